The molecule has 27 heavy (non-hydrogen) atoms. The molecule has 0 bridgehead atoms. The Bertz CT molecular complexity index is 842. The highest BCUT2D eigenvalue weighted by atomic mass is 19.1. The maximum Gasteiger partial charge on any atom is 0.315 e. The van der Waals surface area contributed by atoms with Gasteiger partial charge in [-0.05, 0) is 31.5 Å². The van der Waals surface area contributed by atoms with Gasteiger partial charge in [-0.1, -0.05) is 6.07 Å². The number of urea groups is 1. The average molecular weight is 374 g/mol. The van der Waals surface area contributed by atoms with Crippen LogP contribution >= 0.6 is 0 Å². The third-order valence-electron chi connectivity index (χ3n) is 4.42. The predicted octanol–water partition coefficient (Wildman–Crippen LogP) is 2.38. The number of carbonyl (C=O) groups excluding carboxylic acids is 2. The van der Waals surface area contributed by atoms with E-state index < -0.39 is 17.7 Å². The molecular formula is C19H20F2N4O2. The first-order valence-electron chi connectivity index (χ1n) is 8.62. The number of amides is 3. The number of benzene rings is 1. The zero-order valence-corrected chi connectivity index (χ0v) is 14.8. The number of aryl methyl sites for hydroxylation is 1. The van der Waals surface area contributed by atoms with Gasteiger partial charge in [0.2, 0.25) is 0 Å². The molecule has 142 valence electrons. The first kappa shape index (κ1) is 18.8. The molecule has 1 aromatic heterocycles. The summed E-state index contributed by atoms with van der Waals surface area (Å²) in [6.45, 7) is 2.72. The molecule has 6 nitrogen and oxygen atoms in total. The van der Waals surface area contributed by atoms with Crippen LogP contribution in [0.1, 0.15) is 28.0 Å². The molecule has 1 aromatic carbocycles. The number of rotatable bonds is 4. The van der Waals surface area contributed by atoms with E-state index in [0.29, 0.717) is 25.1 Å². The Kier molecular flexibility index (Phi) is 5.63. The summed E-state index contributed by atoms with van der Waals surface area (Å²) < 4.78 is 26.5. The van der Waals surface area contributed by atoms with Gasteiger partial charge in [0.1, 0.15) is 11.6 Å². The van der Waals surface area contributed by atoms with E-state index >= 15 is 0 Å². The summed E-state index contributed by atoms with van der Waals surface area (Å²) in [6.07, 6.45) is 2.17. The smallest absolute Gasteiger partial charge is 0.315 e. The molecule has 1 saturated heterocycles. The van der Waals surface area contributed by atoms with E-state index in [0.717, 1.165) is 17.8 Å². The number of nitrogens with one attached hydrogen (secondary N) is 2. The Hall–Kier alpha value is -3.03. The van der Waals surface area contributed by atoms with Crippen molar-refractivity contribution >= 4 is 11.9 Å². The number of hydrogen-bond donors (Lipinski definition) is 2. The second-order valence-corrected chi connectivity index (χ2v) is 6.49. The highest BCUT2D eigenvalue weighted by Crippen LogP contribution is 2.14. The van der Waals surface area contributed by atoms with E-state index in [1.54, 1.807) is 23.2 Å². The van der Waals surface area contributed by atoms with Crippen molar-refractivity contribution < 1.29 is 18.4 Å². The maximum absolute atomic E-state index is 13.6. The van der Waals surface area contributed by atoms with Gasteiger partial charge < -0.3 is 15.5 Å². The molecule has 1 aliphatic heterocycles. The molecule has 1 atom stereocenters. The summed E-state index contributed by atoms with van der Waals surface area (Å²) in [5.74, 6) is -1.50. The summed E-state index contributed by atoms with van der Waals surface area (Å²) in [4.78, 5) is 30.2. The van der Waals surface area contributed by atoms with Gasteiger partial charge in [0.15, 0.2) is 0 Å². The Morgan fingerprint density at radius 1 is 1.26 bits per heavy atom. The van der Waals surface area contributed by atoms with E-state index in [9.17, 15) is 18.4 Å². The van der Waals surface area contributed by atoms with Crippen molar-refractivity contribution in [1.82, 2.24) is 20.5 Å². The summed E-state index contributed by atoms with van der Waals surface area (Å²) in [5.41, 5.74) is 1.54. The van der Waals surface area contributed by atoms with Crippen molar-refractivity contribution in [2.75, 3.05) is 13.1 Å². The molecule has 2 heterocycles. The minimum Gasteiger partial charge on any atom is -0.336 e. The topological polar surface area (TPSA) is 74.3 Å². The lowest BCUT2D eigenvalue weighted by atomic mass is 10.2. The highest BCUT2D eigenvalue weighted by Gasteiger charge is 2.28. The van der Waals surface area contributed by atoms with Crippen LogP contribution in [-0.4, -0.2) is 41.0 Å². The van der Waals surface area contributed by atoms with Crippen LogP contribution < -0.4 is 10.6 Å². The molecule has 0 spiro atoms. The molecule has 2 N–H and O–H groups in total. The molecule has 3 rings (SSSR count). The van der Waals surface area contributed by atoms with E-state index in [4.69, 9.17) is 0 Å². The van der Waals surface area contributed by atoms with Gasteiger partial charge in [0.05, 0.1) is 5.56 Å². The maximum atomic E-state index is 13.6. The average Bonchev–Trinajstić information content (AvgIpc) is 3.09. The Morgan fingerprint density at radius 2 is 2.07 bits per heavy atom. The molecule has 1 aliphatic rings. The molecule has 8 heteroatoms. The van der Waals surface area contributed by atoms with Gasteiger partial charge in [0.25, 0.3) is 5.91 Å². The number of halogens is 2. The number of pyridine rings is 1. The molecule has 0 radical (unpaired) electrons. The summed E-state index contributed by atoms with van der Waals surface area (Å²) in [5, 5.41) is 5.31. The van der Waals surface area contributed by atoms with E-state index in [2.05, 4.69) is 15.6 Å². The fourth-order valence-corrected chi connectivity index (χ4v) is 2.92. The number of aromatic nitrogens is 1. The first-order valence-corrected chi connectivity index (χ1v) is 8.62. The largest absolute Gasteiger partial charge is 0.336 e. The van der Waals surface area contributed by atoms with Gasteiger partial charge in [-0.15, -0.1) is 0 Å². The number of nitrogens with zero attached hydrogens (tertiary/aromatic N) is 2. The molecule has 3 amide bonds. The third kappa shape index (κ3) is 4.78. The molecule has 2 aromatic rings. The monoisotopic (exact) mass is 374 g/mol. The van der Waals surface area contributed by atoms with E-state index in [1.807, 2.05) is 6.92 Å². The van der Waals surface area contributed by atoms with Crippen LogP contribution in [-0.2, 0) is 6.54 Å². The quantitative estimate of drug-likeness (QED) is 0.863. The van der Waals surface area contributed by atoms with E-state index in [1.165, 1.54) is 6.07 Å². The standard InChI is InChI=1S/C19H20F2N4O2/c1-12-2-3-14(10-22-12)18(26)25-7-6-16(11-25)24-19(27)23-9-13-4-5-15(20)8-17(13)21/h2-5,8,10,16H,6-7,9,11H2,1H3,(H2,23,24,27)/t16-/m1/s1. The summed E-state index contributed by atoms with van der Waals surface area (Å²) in [7, 11) is 0. The SMILES string of the molecule is Cc1ccc(C(=O)N2CC[C@@H](NC(=O)NCc3ccc(F)cc3F)C2)cn1. The minimum absolute atomic E-state index is 0.0532. The molecule has 1 fully saturated rings. The summed E-state index contributed by atoms with van der Waals surface area (Å²) in [6, 6.07) is 6.06. The molecule has 0 saturated carbocycles. The van der Waals surface area contributed by atoms with Gasteiger partial charge >= 0.3 is 6.03 Å². The number of carbonyl (C=O) groups is 2. The Balaban J connectivity index is 1.48. The van der Waals surface area contributed by atoms with Gasteiger partial charge in [-0.25, -0.2) is 13.6 Å². The first-order chi connectivity index (χ1) is 12.9. The van der Waals surface area contributed by atoms with Crippen LogP contribution in [0, 0.1) is 18.6 Å². The van der Waals surface area contributed by atoms with Gasteiger partial charge in [-0.2, -0.15) is 0 Å². The highest BCUT2D eigenvalue weighted by molar-refractivity contribution is 5.94. The van der Waals surface area contributed by atoms with Gasteiger partial charge in [-0.3, -0.25) is 9.78 Å². The van der Waals surface area contributed by atoms with Crippen molar-refractivity contribution in [3.63, 3.8) is 0 Å². The van der Waals surface area contributed by atoms with Crippen LogP contribution in [0.15, 0.2) is 36.5 Å². The lowest BCUT2D eigenvalue weighted by Gasteiger charge is -2.17. The van der Waals surface area contributed by atoms with Crippen LogP contribution in [0.3, 0.4) is 0 Å². The van der Waals surface area contributed by atoms with Gasteiger partial charge in [0, 0.05) is 49.2 Å². The fourth-order valence-electron chi connectivity index (χ4n) is 2.92. The fraction of sp³-hybridized carbons (Fsp3) is 0.316. The van der Waals surface area contributed by atoms with Crippen molar-refractivity contribution in [2.24, 2.45) is 0 Å². The second kappa shape index (κ2) is 8.11. The van der Waals surface area contributed by atoms with Crippen molar-refractivity contribution in [3.05, 3.63) is 65.0 Å². The predicted molar refractivity (Wildman–Crippen MR) is 95.0 cm³/mol. The number of likely N-dealkylation sites (tertiary alicyclic amines) is 1. The number of hydrogen-bond acceptors (Lipinski definition) is 3. The lowest BCUT2D eigenvalue weighted by Crippen LogP contribution is -2.43. The lowest BCUT2D eigenvalue weighted by molar-refractivity contribution is 0.0789. The van der Waals surface area contributed by atoms with Crippen molar-refractivity contribution in [1.29, 1.82) is 0 Å². The zero-order chi connectivity index (χ0) is 19.4. The zero-order valence-electron chi connectivity index (χ0n) is 14.8. The van der Waals surface area contributed by atoms with Crippen LogP contribution in [0.5, 0.6) is 0 Å². The third-order valence-corrected chi connectivity index (χ3v) is 4.42. The van der Waals surface area contributed by atoms with E-state index in [-0.39, 0.29) is 24.1 Å². The Labute approximate surface area is 155 Å². The normalized spacial score (nSPS) is 16.3. The van der Waals surface area contributed by atoms with Crippen molar-refractivity contribution in [2.45, 2.75) is 25.9 Å². The second-order valence-electron chi connectivity index (χ2n) is 6.49. The molecular weight excluding hydrogens is 354 g/mol. The summed E-state index contributed by atoms with van der Waals surface area (Å²) >= 11 is 0. The van der Waals surface area contributed by atoms with Crippen molar-refractivity contribution in [3.8, 4) is 0 Å². The molecule has 0 unspecified atom stereocenters. The van der Waals surface area contributed by atoms with Crippen LogP contribution in [0.2, 0.25) is 0 Å². The van der Waals surface area contributed by atoms with Crippen LogP contribution in [0.25, 0.3) is 0 Å². The Morgan fingerprint density at radius 3 is 2.78 bits per heavy atom. The molecule has 0 aliphatic carbocycles. The minimum atomic E-state index is -0.709. The van der Waals surface area contributed by atoms with Crippen LogP contribution in [0.4, 0.5) is 13.6 Å².